The SMILES string of the molecule is Cc1nc(COc2ccc(Cl)cc2)sc1C(=O)NCc1ccc(N2CCNC(=O)C2)cc1. The minimum atomic E-state index is -0.158. The Kier molecular flexibility index (Phi) is 6.92. The van der Waals surface area contributed by atoms with Crippen molar-refractivity contribution in [3.8, 4) is 5.75 Å². The number of hydrogen-bond acceptors (Lipinski definition) is 6. The van der Waals surface area contributed by atoms with Crippen molar-refractivity contribution in [1.82, 2.24) is 15.6 Å². The van der Waals surface area contributed by atoms with Gasteiger partial charge in [-0.15, -0.1) is 11.3 Å². The van der Waals surface area contributed by atoms with E-state index in [1.54, 1.807) is 24.3 Å². The molecule has 0 radical (unpaired) electrons. The molecule has 9 heteroatoms. The Morgan fingerprint density at radius 1 is 1.22 bits per heavy atom. The van der Waals surface area contributed by atoms with Crippen LogP contribution in [0.3, 0.4) is 0 Å². The second-order valence-corrected chi connectivity index (χ2v) is 8.91. The van der Waals surface area contributed by atoms with Gasteiger partial charge >= 0.3 is 0 Å². The largest absolute Gasteiger partial charge is 0.486 e. The van der Waals surface area contributed by atoms with Crippen molar-refractivity contribution >= 4 is 40.4 Å². The molecule has 2 N–H and O–H groups in total. The van der Waals surface area contributed by atoms with E-state index < -0.39 is 0 Å². The van der Waals surface area contributed by atoms with Crippen LogP contribution >= 0.6 is 22.9 Å². The van der Waals surface area contributed by atoms with Gasteiger partial charge in [0.2, 0.25) is 5.91 Å². The molecule has 2 aromatic carbocycles. The maximum atomic E-state index is 12.7. The number of aryl methyl sites for hydroxylation is 1. The monoisotopic (exact) mass is 470 g/mol. The Morgan fingerprint density at radius 3 is 2.69 bits per heavy atom. The minimum absolute atomic E-state index is 0.0328. The predicted molar refractivity (Wildman–Crippen MR) is 125 cm³/mol. The molecule has 1 aliphatic heterocycles. The summed E-state index contributed by atoms with van der Waals surface area (Å²) in [5.41, 5.74) is 2.66. The smallest absolute Gasteiger partial charge is 0.263 e. The number of piperazine rings is 1. The summed E-state index contributed by atoms with van der Waals surface area (Å²) < 4.78 is 5.72. The van der Waals surface area contributed by atoms with Crippen molar-refractivity contribution in [2.24, 2.45) is 0 Å². The van der Waals surface area contributed by atoms with Crippen LogP contribution in [0.15, 0.2) is 48.5 Å². The van der Waals surface area contributed by atoms with Gasteiger partial charge in [0.15, 0.2) is 0 Å². The second-order valence-electron chi connectivity index (χ2n) is 7.39. The van der Waals surface area contributed by atoms with Crippen LogP contribution < -0.4 is 20.3 Å². The molecule has 1 saturated heterocycles. The molecule has 0 bridgehead atoms. The molecule has 0 spiro atoms. The molecular formula is C23H23ClN4O3S. The molecule has 4 rings (SSSR count). The second kappa shape index (κ2) is 10.0. The van der Waals surface area contributed by atoms with Crippen molar-refractivity contribution in [3.05, 3.63) is 74.7 Å². The summed E-state index contributed by atoms with van der Waals surface area (Å²) in [6.07, 6.45) is 0. The number of nitrogens with zero attached hydrogens (tertiary/aromatic N) is 2. The predicted octanol–water partition coefficient (Wildman–Crippen LogP) is 3.55. The highest BCUT2D eigenvalue weighted by molar-refractivity contribution is 7.13. The number of carbonyl (C=O) groups excluding carboxylic acids is 2. The number of carbonyl (C=O) groups is 2. The van der Waals surface area contributed by atoms with Gasteiger partial charge in [-0.2, -0.15) is 0 Å². The number of halogens is 1. The van der Waals surface area contributed by atoms with E-state index in [9.17, 15) is 9.59 Å². The van der Waals surface area contributed by atoms with Crippen LogP contribution in [0.1, 0.15) is 25.9 Å². The quantitative estimate of drug-likeness (QED) is 0.551. The summed E-state index contributed by atoms with van der Waals surface area (Å²) in [6, 6.07) is 15.0. The van der Waals surface area contributed by atoms with Gasteiger partial charge in [0, 0.05) is 30.3 Å². The Hall–Kier alpha value is -3.10. The molecule has 1 aromatic heterocycles. The first-order valence-corrected chi connectivity index (χ1v) is 11.4. The molecule has 0 saturated carbocycles. The molecule has 2 amide bonds. The maximum Gasteiger partial charge on any atom is 0.263 e. The third-order valence-electron chi connectivity index (χ3n) is 5.02. The number of benzene rings is 2. The minimum Gasteiger partial charge on any atom is -0.486 e. The Bertz CT molecular complexity index is 1100. The van der Waals surface area contributed by atoms with Crippen LogP contribution in [-0.2, 0) is 17.9 Å². The van der Waals surface area contributed by atoms with Gasteiger partial charge in [-0.05, 0) is 48.9 Å². The maximum absolute atomic E-state index is 12.7. The lowest BCUT2D eigenvalue weighted by atomic mass is 10.2. The summed E-state index contributed by atoms with van der Waals surface area (Å²) in [6.45, 7) is 4.32. The van der Waals surface area contributed by atoms with Crippen LogP contribution in [0.4, 0.5) is 5.69 Å². The third kappa shape index (κ3) is 5.57. The zero-order chi connectivity index (χ0) is 22.5. The zero-order valence-corrected chi connectivity index (χ0v) is 19.1. The zero-order valence-electron chi connectivity index (χ0n) is 17.6. The highest BCUT2D eigenvalue weighted by Crippen LogP contribution is 2.22. The van der Waals surface area contributed by atoms with E-state index in [0.29, 0.717) is 41.0 Å². The Morgan fingerprint density at radius 2 is 1.97 bits per heavy atom. The number of amides is 2. The lowest BCUT2D eigenvalue weighted by Gasteiger charge is -2.28. The average molecular weight is 471 g/mol. The van der Waals surface area contributed by atoms with Crippen molar-refractivity contribution in [3.63, 3.8) is 0 Å². The van der Waals surface area contributed by atoms with E-state index in [1.807, 2.05) is 36.1 Å². The Balaban J connectivity index is 1.31. The lowest BCUT2D eigenvalue weighted by molar-refractivity contribution is -0.120. The fraction of sp³-hybridized carbons (Fsp3) is 0.261. The van der Waals surface area contributed by atoms with Gasteiger partial charge in [0.1, 0.15) is 22.2 Å². The highest BCUT2D eigenvalue weighted by atomic mass is 35.5. The molecule has 7 nitrogen and oxygen atoms in total. The first-order valence-electron chi connectivity index (χ1n) is 10.2. The lowest BCUT2D eigenvalue weighted by Crippen LogP contribution is -2.47. The fourth-order valence-corrected chi connectivity index (χ4v) is 4.37. The van der Waals surface area contributed by atoms with Crippen LogP contribution in [-0.4, -0.2) is 36.4 Å². The number of rotatable bonds is 7. The Labute approximate surface area is 195 Å². The summed E-state index contributed by atoms with van der Waals surface area (Å²) in [7, 11) is 0. The molecule has 166 valence electrons. The van der Waals surface area contributed by atoms with Gasteiger partial charge in [0.05, 0.1) is 12.2 Å². The van der Waals surface area contributed by atoms with Gasteiger partial charge in [-0.25, -0.2) is 4.98 Å². The number of nitrogens with one attached hydrogen (secondary N) is 2. The van der Waals surface area contributed by atoms with Gasteiger partial charge in [0.25, 0.3) is 5.91 Å². The van der Waals surface area contributed by atoms with Crippen LogP contribution in [0.5, 0.6) is 5.75 Å². The number of ether oxygens (including phenoxy) is 1. The van der Waals surface area contributed by atoms with Crippen molar-refractivity contribution in [2.45, 2.75) is 20.1 Å². The van der Waals surface area contributed by atoms with E-state index in [-0.39, 0.29) is 18.4 Å². The van der Waals surface area contributed by atoms with Crippen LogP contribution in [0.2, 0.25) is 5.02 Å². The first-order chi connectivity index (χ1) is 15.5. The molecule has 32 heavy (non-hydrogen) atoms. The summed E-state index contributed by atoms with van der Waals surface area (Å²) >= 11 is 7.21. The molecule has 0 unspecified atom stereocenters. The van der Waals surface area contributed by atoms with Gasteiger partial charge in [-0.3, -0.25) is 9.59 Å². The van der Waals surface area contributed by atoms with Crippen LogP contribution in [0.25, 0.3) is 0 Å². The van der Waals surface area contributed by atoms with Gasteiger partial charge < -0.3 is 20.3 Å². The number of hydrogen-bond donors (Lipinski definition) is 2. The third-order valence-corrected chi connectivity index (χ3v) is 6.40. The first kappa shape index (κ1) is 22.1. The average Bonchev–Trinajstić information content (AvgIpc) is 3.18. The summed E-state index contributed by atoms with van der Waals surface area (Å²) in [5, 5.41) is 7.16. The highest BCUT2D eigenvalue weighted by Gasteiger charge is 2.17. The van der Waals surface area contributed by atoms with Crippen molar-refractivity contribution in [1.29, 1.82) is 0 Å². The van der Waals surface area contributed by atoms with E-state index in [0.717, 1.165) is 22.8 Å². The summed E-state index contributed by atoms with van der Waals surface area (Å²) in [5.74, 6) is 0.571. The summed E-state index contributed by atoms with van der Waals surface area (Å²) in [4.78, 5) is 31.3. The number of anilines is 1. The normalized spacial score (nSPS) is 13.6. The topological polar surface area (TPSA) is 83.6 Å². The fourth-order valence-electron chi connectivity index (χ4n) is 3.35. The van der Waals surface area contributed by atoms with E-state index in [2.05, 4.69) is 15.6 Å². The van der Waals surface area contributed by atoms with E-state index >= 15 is 0 Å². The van der Waals surface area contributed by atoms with Crippen molar-refractivity contribution < 1.29 is 14.3 Å². The molecular weight excluding hydrogens is 448 g/mol. The number of aromatic nitrogens is 1. The molecule has 0 aliphatic carbocycles. The van der Waals surface area contributed by atoms with E-state index in [1.165, 1.54) is 11.3 Å². The molecule has 2 heterocycles. The molecule has 1 fully saturated rings. The number of thiazole rings is 1. The van der Waals surface area contributed by atoms with Crippen molar-refractivity contribution in [2.75, 3.05) is 24.5 Å². The van der Waals surface area contributed by atoms with Crippen LogP contribution in [0, 0.1) is 6.92 Å². The van der Waals surface area contributed by atoms with E-state index in [4.69, 9.17) is 16.3 Å². The molecule has 0 atom stereocenters. The molecule has 3 aromatic rings. The van der Waals surface area contributed by atoms with Gasteiger partial charge in [-0.1, -0.05) is 23.7 Å². The molecule has 1 aliphatic rings. The standard InChI is InChI=1S/C23H23ClN4O3S/c1-15-22(32-21(27-15)14-31-19-8-4-17(24)5-9-19)23(30)26-12-16-2-6-18(7-3-16)28-11-10-25-20(29)13-28/h2-9H,10-14H2,1H3,(H,25,29)(H,26,30).